The lowest BCUT2D eigenvalue weighted by Crippen LogP contribution is -2.35. The van der Waals surface area contributed by atoms with Crippen LogP contribution in [0.1, 0.15) is 29.9 Å². The molecule has 2 heterocycles. The van der Waals surface area contributed by atoms with Gasteiger partial charge in [0.2, 0.25) is 0 Å². The summed E-state index contributed by atoms with van der Waals surface area (Å²) in [5.74, 6) is -0.493. The topological polar surface area (TPSA) is 100.0 Å². The molecule has 0 bridgehead atoms. The number of hydrogen-bond acceptors (Lipinski definition) is 7. The second kappa shape index (κ2) is 9.63. The van der Waals surface area contributed by atoms with Crippen LogP contribution in [0.4, 0.5) is 4.79 Å². The highest BCUT2D eigenvalue weighted by atomic mass is 32.2. The number of thiazole rings is 1. The van der Waals surface area contributed by atoms with Crippen LogP contribution in [0.3, 0.4) is 0 Å². The number of ether oxygens (including phenoxy) is 1. The van der Waals surface area contributed by atoms with Crippen molar-refractivity contribution in [3.63, 3.8) is 0 Å². The molecular formula is C21H24N2O5S2. The molecule has 0 aliphatic carbocycles. The molecular weight excluding hydrogens is 424 g/mol. The third kappa shape index (κ3) is 5.21. The van der Waals surface area contributed by atoms with Crippen LogP contribution in [0.2, 0.25) is 0 Å². The average Bonchev–Trinajstić information content (AvgIpc) is 3.34. The fraction of sp³-hybridized carbons (Fsp3) is 0.381. The van der Waals surface area contributed by atoms with Gasteiger partial charge in [0.1, 0.15) is 6.61 Å². The van der Waals surface area contributed by atoms with E-state index < -0.39 is 23.6 Å². The molecule has 160 valence electrons. The van der Waals surface area contributed by atoms with Gasteiger partial charge in [-0.3, -0.25) is 4.90 Å². The number of nitrogens with zero attached hydrogens (tertiary/aromatic N) is 2. The number of amides is 1. The minimum absolute atomic E-state index is 0.0268. The fourth-order valence-corrected chi connectivity index (χ4v) is 4.86. The van der Waals surface area contributed by atoms with Gasteiger partial charge in [0.15, 0.2) is 10.0 Å². The summed E-state index contributed by atoms with van der Waals surface area (Å²) in [4.78, 5) is 28.6. The fourth-order valence-electron chi connectivity index (χ4n) is 3.05. The lowest BCUT2D eigenvalue weighted by Gasteiger charge is -2.29. The number of hydrogen-bond donors (Lipinski definition) is 2. The molecule has 0 saturated carbocycles. The van der Waals surface area contributed by atoms with Gasteiger partial charge in [-0.05, 0) is 5.56 Å². The smallest absolute Gasteiger partial charge is 0.410 e. The summed E-state index contributed by atoms with van der Waals surface area (Å²) in [5, 5.41) is 21.2. The Bertz CT molecular complexity index is 913. The second-order valence-electron chi connectivity index (χ2n) is 7.41. The molecule has 0 spiro atoms. The van der Waals surface area contributed by atoms with Crippen molar-refractivity contribution in [2.24, 2.45) is 0 Å². The van der Waals surface area contributed by atoms with E-state index in [0.717, 1.165) is 5.56 Å². The first-order valence-electron chi connectivity index (χ1n) is 9.46. The van der Waals surface area contributed by atoms with Crippen molar-refractivity contribution in [3.05, 3.63) is 59.1 Å². The van der Waals surface area contributed by atoms with Crippen LogP contribution in [0.25, 0.3) is 0 Å². The molecule has 0 unspecified atom stereocenters. The van der Waals surface area contributed by atoms with Crippen LogP contribution >= 0.6 is 23.1 Å². The van der Waals surface area contributed by atoms with E-state index in [0.29, 0.717) is 16.6 Å². The third-order valence-electron chi connectivity index (χ3n) is 5.05. The van der Waals surface area contributed by atoms with E-state index in [-0.39, 0.29) is 18.3 Å². The predicted molar refractivity (Wildman–Crippen MR) is 116 cm³/mol. The van der Waals surface area contributed by atoms with Crippen LogP contribution in [-0.4, -0.2) is 63.2 Å². The highest BCUT2D eigenvalue weighted by Crippen LogP contribution is 2.28. The Morgan fingerprint density at radius 1 is 1.43 bits per heavy atom. The molecule has 1 fully saturated rings. The van der Waals surface area contributed by atoms with E-state index >= 15 is 0 Å². The SMILES string of the molecule is CC(C)(c1ccccc1)[C@H](O)C=C[C@H]1COC(=O)N1CCSc1nc(C(=O)O)cs1. The first kappa shape index (κ1) is 22.3. The standard InChI is InChI=1S/C21H24N2O5S2/c1-21(2,14-6-4-3-5-7-14)17(24)9-8-15-12-28-20(27)23(15)10-11-29-19-22-16(13-30-19)18(25)26/h3-9,13,15,17,24H,10-12H2,1-2H3,(H,25,26)/t15-,17+/m0/s1. The number of thioether (sulfide) groups is 1. The summed E-state index contributed by atoms with van der Waals surface area (Å²) < 4.78 is 5.82. The zero-order valence-electron chi connectivity index (χ0n) is 16.7. The summed E-state index contributed by atoms with van der Waals surface area (Å²) in [6.07, 6.45) is 2.42. The van der Waals surface area contributed by atoms with Crippen LogP contribution in [0.5, 0.6) is 0 Å². The minimum Gasteiger partial charge on any atom is -0.476 e. The van der Waals surface area contributed by atoms with Crippen LogP contribution in [0, 0.1) is 0 Å². The van der Waals surface area contributed by atoms with Crippen molar-refractivity contribution in [2.45, 2.75) is 35.7 Å². The van der Waals surface area contributed by atoms with Gasteiger partial charge in [0, 0.05) is 23.1 Å². The molecule has 1 aliphatic rings. The van der Waals surface area contributed by atoms with E-state index in [2.05, 4.69) is 4.98 Å². The Kier molecular flexibility index (Phi) is 7.17. The van der Waals surface area contributed by atoms with Gasteiger partial charge >= 0.3 is 12.1 Å². The number of carboxylic acid groups (broad SMARTS) is 1. The number of carbonyl (C=O) groups is 2. The van der Waals surface area contributed by atoms with Gasteiger partial charge in [-0.25, -0.2) is 14.6 Å². The molecule has 0 radical (unpaired) electrons. The Morgan fingerprint density at radius 2 is 2.17 bits per heavy atom. The number of aromatic nitrogens is 1. The number of aliphatic hydroxyl groups excluding tert-OH is 1. The molecule has 1 aliphatic heterocycles. The summed E-state index contributed by atoms with van der Waals surface area (Å²) >= 11 is 2.66. The lowest BCUT2D eigenvalue weighted by molar-refractivity contribution is 0.0690. The second-order valence-corrected chi connectivity index (χ2v) is 9.61. The largest absolute Gasteiger partial charge is 0.476 e. The Morgan fingerprint density at radius 3 is 2.83 bits per heavy atom. The summed E-state index contributed by atoms with van der Waals surface area (Å²) in [6, 6.07) is 9.53. The van der Waals surface area contributed by atoms with Crippen molar-refractivity contribution < 1.29 is 24.5 Å². The zero-order chi connectivity index (χ0) is 21.7. The van der Waals surface area contributed by atoms with E-state index in [4.69, 9.17) is 9.84 Å². The molecule has 1 aromatic heterocycles. The molecule has 7 nitrogen and oxygen atoms in total. The first-order chi connectivity index (χ1) is 14.3. The quantitative estimate of drug-likeness (QED) is 0.446. The summed E-state index contributed by atoms with van der Waals surface area (Å²) in [5.41, 5.74) is 0.575. The van der Waals surface area contributed by atoms with E-state index in [9.17, 15) is 14.7 Å². The third-order valence-corrected chi connectivity index (χ3v) is 7.05. The molecule has 2 aromatic rings. The van der Waals surface area contributed by atoms with Gasteiger partial charge < -0.3 is 14.9 Å². The number of carbonyl (C=O) groups excluding carboxylic acids is 1. The van der Waals surface area contributed by atoms with Crippen molar-refractivity contribution >= 4 is 35.2 Å². The van der Waals surface area contributed by atoms with Crippen molar-refractivity contribution in [1.29, 1.82) is 0 Å². The number of cyclic esters (lactones) is 1. The number of benzene rings is 1. The molecule has 1 aromatic carbocycles. The summed E-state index contributed by atoms with van der Waals surface area (Å²) in [7, 11) is 0. The van der Waals surface area contributed by atoms with Gasteiger partial charge in [-0.2, -0.15) is 0 Å². The van der Waals surface area contributed by atoms with Gasteiger partial charge in [0.25, 0.3) is 0 Å². The average molecular weight is 449 g/mol. The molecule has 1 amide bonds. The van der Waals surface area contributed by atoms with E-state index in [1.807, 2.05) is 50.3 Å². The summed E-state index contributed by atoms with van der Waals surface area (Å²) in [6.45, 7) is 4.61. The normalized spacial score (nSPS) is 18.0. The molecule has 3 rings (SSSR count). The van der Waals surface area contributed by atoms with Crippen LogP contribution < -0.4 is 0 Å². The zero-order valence-corrected chi connectivity index (χ0v) is 18.4. The van der Waals surface area contributed by atoms with Crippen molar-refractivity contribution in [1.82, 2.24) is 9.88 Å². The Labute approximate surface area is 183 Å². The molecule has 9 heteroatoms. The Hall–Kier alpha value is -2.36. The van der Waals surface area contributed by atoms with Gasteiger partial charge in [-0.1, -0.05) is 68.1 Å². The van der Waals surface area contributed by atoms with Crippen molar-refractivity contribution in [2.75, 3.05) is 18.9 Å². The molecule has 2 N–H and O–H groups in total. The highest BCUT2D eigenvalue weighted by Gasteiger charge is 2.32. The minimum atomic E-state index is -1.05. The van der Waals surface area contributed by atoms with Gasteiger partial charge in [-0.15, -0.1) is 11.3 Å². The maximum Gasteiger partial charge on any atom is 0.410 e. The monoisotopic (exact) mass is 448 g/mol. The first-order valence-corrected chi connectivity index (χ1v) is 11.3. The molecule has 1 saturated heterocycles. The Balaban J connectivity index is 1.58. The van der Waals surface area contributed by atoms with Crippen LogP contribution in [-0.2, 0) is 10.2 Å². The maximum atomic E-state index is 12.1. The molecule has 30 heavy (non-hydrogen) atoms. The lowest BCUT2D eigenvalue weighted by atomic mass is 9.79. The van der Waals surface area contributed by atoms with E-state index in [1.54, 1.807) is 11.0 Å². The highest BCUT2D eigenvalue weighted by molar-refractivity contribution is 8.01. The molecule has 2 atom stereocenters. The number of carboxylic acids is 1. The number of aromatic carboxylic acids is 1. The van der Waals surface area contributed by atoms with Gasteiger partial charge in [0.05, 0.1) is 12.1 Å². The maximum absolute atomic E-state index is 12.1. The number of aliphatic hydroxyl groups is 1. The van der Waals surface area contributed by atoms with Crippen LogP contribution in [0.15, 0.2) is 52.2 Å². The number of rotatable bonds is 9. The van der Waals surface area contributed by atoms with E-state index in [1.165, 1.54) is 28.5 Å². The van der Waals surface area contributed by atoms with Crippen molar-refractivity contribution in [3.8, 4) is 0 Å². The predicted octanol–water partition coefficient (Wildman–Crippen LogP) is 3.65.